The Kier molecular flexibility index (Phi) is 3.66. The van der Waals surface area contributed by atoms with Crippen molar-refractivity contribution < 1.29 is 14.3 Å². The van der Waals surface area contributed by atoms with Crippen LogP contribution >= 0.6 is 0 Å². The Hall–Kier alpha value is -2.27. The van der Waals surface area contributed by atoms with Crippen LogP contribution in [0.25, 0.3) is 0 Å². The lowest BCUT2D eigenvalue weighted by Gasteiger charge is -2.34. The third-order valence-electron chi connectivity index (χ3n) is 3.79. The summed E-state index contributed by atoms with van der Waals surface area (Å²) < 4.78 is 13.4. The molecule has 0 amide bonds. The molecule has 0 saturated carbocycles. The molecule has 1 unspecified atom stereocenters. The number of rotatable bonds is 3. The molecule has 1 aromatic carbocycles. The maximum atomic E-state index is 13.4. The summed E-state index contributed by atoms with van der Waals surface area (Å²) in [7, 11) is 0. The first kappa shape index (κ1) is 13.7. The standard InChI is InChI=1S/C16H15FN2O2/c17-14-4-3-12-7-15(16(20)21)19(10-13(12)6-14)9-11-2-1-5-18-8-11/h1-6,8,15H,7,9-10H2,(H,20,21). The van der Waals surface area contributed by atoms with Gasteiger partial charge in [0.05, 0.1) is 0 Å². The highest BCUT2D eigenvalue weighted by Crippen LogP contribution is 2.25. The van der Waals surface area contributed by atoms with Gasteiger partial charge in [0.2, 0.25) is 0 Å². The van der Waals surface area contributed by atoms with Crippen LogP contribution in [0.4, 0.5) is 4.39 Å². The Morgan fingerprint density at radius 1 is 1.38 bits per heavy atom. The third-order valence-corrected chi connectivity index (χ3v) is 3.79. The van der Waals surface area contributed by atoms with Crippen LogP contribution in [0.1, 0.15) is 16.7 Å². The second kappa shape index (κ2) is 5.61. The first-order valence-corrected chi connectivity index (χ1v) is 6.76. The molecular formula is C16H15FN2O2. The molecule has 0 aliphatic carbocycles. The van der Waals surface area contributed by atoms with Gasteiger partial charge in [-0.3, -0.25) is 14.7 Å². The summed E-state index contributed by atoms with van der Waals surface area (Å²) in [6.45, 7) is 0.916. The number of benzene rings is 1. The number of hydrogen-bond acceptors (Lipinski definition) is 3. The summed E-state index contributed by atoms with van der Waals surface area (Å²) in [6, 6.07) is 7.69. The molecule has 4 nitrogen and oxygen atoms in total. The van der Waals surface area contributed by atoms with Gasteiger partial charge in [0.1, 0.15) is 11.9 Å². The highest BCUT2D eigenvalue weighted by atomic mass is 19.1. The van der Waals surface area contributed by atoms with Crippen molar-refractivity contribution in [3.05, 3.63) is 65.2 Å². The lowest BCUT2D eigenvalue weighted by atomic mass is 9.93. The van der Waals surface area contributed by atoms with Crippen LogP contribution in [-0.4, -0.2) is 27.0 Å². The van der Waals surface area contributed by atoms with Crippen molar-refractivity contribution in [1.29, 1.82) is 0 Å². The van der Waals surface area contributed by atoms with Crippen LogP contribution in [0.15, 0.2) is 42.7 Å². The topological polar surface area (TPSA) is 53.4 Å². The van der Waals surface area contributed by atoms with E-state index >= 15 is 0 Å². The zero-order valence-electron chi connectivity index (χ0n) is 11.4. The molecular weight excluding hydrogens is 271 g/mol. The van der Waals surface area contributed by atoms with Crippen LogP contribution in [-0.2, 0) is 24.3 Å². The van der Waals surface area contributed by atoms with Crippen molar-refractivity contribution in [2.75, 3.05) is 0 Å². The summed E-state index contributed by atoms with van der Waals surface area (Å²) in [6.07, 6.45) is 3.80. The summed E-state index contributed by atoms with van der Waals surface area (Å²) in [5.74, 6) is -1.14. The van der Waals surface area contributed by atoms with Gasteiger partial charge in [-0.25, -0.2) is 4.39 Å². The van der Waals surface area contributed by atoms with Crippen molar-refractivity contribution in [2.24, 2.45) is 0 Å². The van der Waals surface area contributed by atoms with Gasteiger partial charge in [0, 0.05) is 25.5 Å². The molecule has 5 heteroatoms. The van der Waals surface area contributed by atoms with Gasteiger partial charge in [-0.05, 0) is 41.3 Å². The van der Waals surface area contributed by atoms with Gasteiger partial charge in [-0.15, -0.1) is 0 Å². The third kappa shape index (κ3) is 2.92. The molecule has 1 atom stereocenters. The number of carboxylic acid groups (broad SMARTS) is 1. The number of aliphatic carboxylic acids is 1. The Morgan fingerprint density at radius 2 is 2.24 bits per heavy atom. The van der Waals surface area contributed by atoms with E-state index in [4.69, 9.17) is 0 Å². The molecule has 0 bridgehead atoms. The molecule has 108 valence electrons. The Bertz CT molecular complexity index is 661. The van der Waals surface area contributed by atoms with Crippen molar-refractivity contribution in [3.63, 3.8) is 0 Å². The number of fused-ring (bicyclic) bond motifs is 1. The fraction of sp³-hybridized carbons (Fsp3) is 0.250. The maximum Gasteiger partial charge on any atom is 0.321 e. The van der Waals surface area contributed by atoms with E-state index in [1.165, 1.54) is 12.1 Å². The summed E-state index contributed by atoms with van der Waals surface area (Å²) in [4.78, 5) is 17.4. The van der Waals surface area contributed by atoms with Crippen molar-refractivity contribution in [3.8, 4) is 0 Å². The van der Waals surface area contributed by atoms with Gasteiger partial charge in [0.25, 0.3) is 0 Å². The van der Waals surface area contributed by atoms with E-state index in [9.17, 15) is 14.3 Å². The number of carbonyl (C=O) groups is 1. The molecule has 3 rings (SSSR count). The molecule has 1 aliphatic rings. The first-order valence-electron chi connectivity index (χ1n) is 6.76. The summed E-state index contributed by atoms with van der Waals surface area (Å²) in [5.41, 5.74) is 2.71. The smallest absolute Gasteiger partial charge is 0.321 e. The van der Waals surface area contributed by atoms with Crippen LogP contribution in [0.3, 0.4) is 0 Å². The largest absolute Gasteiger partial charge is 0.480 e. The normalized spacial score (nSPS) is 18.2. The number of hydrogen-bond donors (Lipinski definition) is 1. The van der Waals surface area contributed by atoms with Crippen molar-refractivity contribution >= 4 is 5.97 Å². The molecule has 21 heavy (non-hydrogen) atoms. The molecule has 2 heterocycles. The average molecular weight is 286 g/mol. The second-order valence-electron chi connectivity index (χ2n) is 5.24. The fourth-order valence-corrected chi connectivity index (χ4v) is 2.74. The number of carboxylic acids is 1. The maximum absolute atomic E-state index is 13.4. The molecule has 1 aliphatic heterocycles. The Morgan fingerprint density at radius 3 is 2.95 bits per heavy atom. The number of pyridine rings is 1. The zero-order chi connectivity index (χ0) is 14.8. The number of aromatic nitrogens is 1. The number of halogens is 1. The monoisotopic (exact) mass is 286 g/mol. The van der Waals surface area contributed by atoms with Gasteiger partial charge < -0.3 is 5.11 Å². The molecule has 2 aromatic rings. The second-order valence-corrected chi connectivity index (χ2v) is 5.24. The van der Waals surface area contributed by atoms with Crippen LogP contribution in [0.2, 0.25) is 0 Å². The lowest BCUT2D eigenvalue weighted by molar-refractivity contribution is -0.144. The Balaban J connectivity index is 1.89. The van der Waals surface area contributed by atoms with E-state index in [1.807, 2.05) is 17.0 Å². The fourth-order valence-electron chi connectivity index (χ4n) is 2.74. The average Bonchev–Trinajstić information content (AvgIpc) is 2.47. The predicted octanol–water partition coefficient (Wildman–Crippen LogP) is 2.23. The van der Waals surface area contributed by atoms with E-state index in [-0.39, 0.29) is 5.82 Å². The minimum atomic E-state index is -0.853. The van der Waals surface area contributed by atoms with Gasteiger partial charge >= 0.3 is 5.97 Å². The quantitative estimate of drug-likeness (QED) is 0.940. The predicted molar refractivity (Wildman–Crippen MR) is 75.0 cm³/mol. The van der Waals surface area contributed by atoms with E-state index in [0.717, 1.165) is 16.7 Å². The van der Waals surface area contributed by atoms with Gasteiger partial charge in [-0.1, -0.05) is 12.1 Å². The minimum absolute atomic E-state index is 0.288. The zero-order valence-corrected chi connectivity index (χ0v) is 11.4. The van der Waals surface area contributed by atoms with Crippen molar-refractivity contribution in [2.45, 2.75) is 25.6 Å². The highest BCUT2D eigenvalue weighted by Gasteiger charge is 2.31. The lowest BCUT2D eigenvalue weighted by Crippen LogP contribution is -2.45. The van der Waals surface area contributed by atoms with Crippen LogP contribution < -0.4 is 0 Å². The van der Waals surface area contributed by atoms with E-state index in [0.29, 0.717) is 19.5 Å². The molecule has 1 aromatic heterocycles. The summed E-state index contributed by atoms with van der Waals surface area (Å²) >= 11 is 0. The molecule has 0 fully saturated rings. The first-order chi connectivity index (χ1) is 10.1. The SMILES string of the molecule is O=C(O)C1Cc2ccc(F)cc2CN1Cc1cccnc1. The van der Waals surface area contributed by atoms with E-state index in [1.54, 1.807) is 18.5 Å². The molecule has 0 radical (unpaired) electrons. The van der Waals surface area contributed by atoms with Crippen LogP contribution in [0, 0.1) is 5.82 Å². The highest BCUT2D eigenvalue weighted by molar-refractivity contribution is 5.74. The Labute approximate surface area is 121 Å². The van der Waals surface area contributed by atoms with Gasteiger partial charge in [0.15, 0.2) is 0 Å². The van der Waals surface area contributed by atoms with Gasteiger partial charge in [-0.2, -0.15) is 0 Å². The molecule has 0 spiro atoms. The molecule has 0 saturated heterocycles. The van der Waals surface area contributed by atoms with E-state index < -0.39 is 12.0 Å². The minimum Gasteiger partial charge on any atom is -0.480 e. The molecule has 1 N–H and O–H groups in total. The van der Waals surface area contributed by atoms with Crippen LogP contribution in [0.5, 0.6) is 0 Å². The van der Waals surface area contributed by atoms with Crippen molar-refractivity contribution in [1.82, 2.24) is 9.88 Å². The number of nitrogens with zero attached hydrogens (tertiary/aromatic N) is 2. The van der Waals surface area contributed by atoms with E-state index in [2.05, 4.69) is 4.98 Å². The summed E-state index contributed by atoms with van der Waals surface area (Å²) in [5, 5.41) is 9.44.